The number of nitrogens with zero attached hydrogens (tertiary/aromatic N) is 2. The van der Waals surface area contributed by atoms with Gasteiger partial charge in [0.15, 0.2) is 4.96 Å². The molecule has 0 atom stereocenters. The summed E-state index contributed by atoms with van der Waals surface area (Å²) in [6, 6.07) is 10.9. The van der Waals surface area contributed by atoms with Crippen molar-refractivity contribution >= 4 is 33.4 Å². The largest absolute Gasteiger partial charge is 0.508 e. The summed E-state index contributed by atoms with van der Waals surface area (Å²) < 4.78 is 2.32. The van der Waals surface area contributed by atoms with Crippen molar-refractivity contribution in [1.82, 2.24) is 9.38 Å². The van der Waals surface area contributed by atoms with Crippen molar-refractivity contribution in [2.24, 2.45) is 0 Å². The van der Waals surface area contributed by atoms with Gasteiger partial charge in [-0.05, 0) is 54.8 Å². The van der Waals surface area contributed by atoms with Crippen molar-refractivity contribution < 1.29 is 5.11 Å². The Hall–Kier alpha value is -2.66. The molecule has 0 radical (unpaired) electrons. The Bertz CT molecular complexity index is 1150. The van der Waals surface area contributed by atoms with Gasteiger partial charge >= 0.3 is 0 Å². The third kappa shape index (κ3) is 2.21. The normalized spacial score (nSPS) is 12.5. The van der Waals surface area contributed by atoms with E-state index in [9.17, 15) is 9.90 Å². The fourth-order valence-corrected chi connectivity index (χ4v) is 3.81. The minimum Gasteiger partial charge on any atom is -0.508 e. The molecule has 2 aromatic carbocycles. The summed E-state index contributed by atoms with van der Waals surface area (Å²) in [5, 5.41) is 9.34. The van der Waals surface area contributed by atoms with E-state index in [1.807, 2.05) is 26.0 Å². The highest BCUT2D eigenvalue weighted by molar-refractivity contribution is 7.15. The van der Waals surface area contributed by atoms with E-state index >= 15 is 0 Å². The Morgan fingerprint density at radius 3 is 2.65 bits per heavy atom. The number of aromatic nitrogens is 2. The second-order valence-corrected chi connectivity index (χ2v) is 6.70. The van der Waals surface area contributed by atoms with Gasteiger partial charge < -0.3 is 5.11 Å². The maximum Gasteiger partial charge on any atom is 0.274 e. The van der Waals surface area contributed by atoms with Gasteiger partial charge in [-0.1, -0.05) is 29.5 Å². The van der Waals surface area contributed by atoms with Crippen molar-refractivity contribution in [2.75, 3.05) is 0 Å². The van der Waals surface area contributed by atoms with Crippen LogP contribution in [0.4, 0.5) is 0 Å². The van der Waals surface area contributed by atoms with Crippen LogP contribution in [-0.2, 0) is 0 Å². The summed E-state index contributed by atoms with van der Waals surface area (Å²) in [6.07, 6.45) is 1.83. The number of fused-ring (bicyclic) bond motifs is 3. The maximum atomic E-state index is 12.8. The van der Waals surface area contributed by atoms with E-state index in [0.717, 1.165) is 27.7 Å². The fraction of sp³-hybridized carbons (Fsp3) is 0.111. The summed E-state index contributed by atoms with van der Waals surface area (Å²) >= 11 is 1.38. The van der Waals surface area contributed by atoms with Gasteiger partial charge in [-0.25, -0.2) is 9.38 Å². The molecule has 2 heterocycles. The molecular weight excluding hydrogens is 308 g/mol. The Labute approximate surface area is 136 Å². The molecule has 0 amide bonds. The molecule has 5 heteroatoms. The number of aromatic hydroxyl groups is 1. The third-order valence-corrected chi connectivity index (χ3v) is 4.84. The Balaban J connectivity index is 2.02. The molecule has 114 valence electrons. The topological polar surface area (TPSA) is 54.6 Å². The molecule has 4 rings (SSSR count). The molecule has 0 aliphatic heterocycles. The smallest absolute Gasteiger partial charge is 0.274 e. The van der Waals surface area contributed by atoms with Crippen LogP contribution < -0.4 is 10.1 Å². The summed E-state index contributed by atoms with van der Waals surface area (Å²) in [6.45, 7) is 4.03. The average molecular weight is 322 g/mol. The first-order chi connectivity index (χ1) is 11.0. The van der Waals surface area contributed by atoms with Gasteiger partial charge in [-0.2, -0.15) is 0 Å². The van der Waals surface area contributed by atoms with Gasteiger partial charge in [0.1, 0.15) is 5.75 Å². The van der Waals surface area contributed by atoms with Crippen molar-refractivity contribution in [3.8, 4) is 5.75 Å². The predicted octanol–water partition coefficient (Wildman–Crippen LogP) is 2.78. The maximum absolute atomic E-state index is 12.8. The SMILES string of the molecule is Cc1cc(C)c2nc3s/c(=C/c4ccc(O)cc4)c(=O)n3c2c1. The molecule has 2 aromatic heterocycles. The van der Waals surface area contributed by atoms with Crippen LogP contribution in [0.15, 0.2) is 41.2 Å². The number of rotatable bonds is 1. The van der Waals surface area contributed by atoms with Crippen LogP contribution in [0.3, 0.4) is 0 Å². The van der Waals surface area contributed by atoms with E-state index in [-0.39, 0.29) is 11.3 Å². The summed E-state index contributed by atoms with van der Waals surface area (Å²) in [5.41, 5.74) is 4.77. The molecule has 0 aliphatic rings. The van der Waals surface area contributed by atoms with Crippen LogP contribution in [0.5, 0.6) is 5.75 Å². The van der Waals surface area contributed by atoms with Gasteiger partial charge in [0, 0.05) is 0 Å². The first-order valence-electron chi connectivity index (χ1n) is 7.26. The zero-order valence-corrected chi connectivity index (χ0v) is 13.5. The molecule has 0 bridgehead atoms. The molecule has 0 saturated heterocycles. The Morgan fingerprint density at radius 2 is 1.91 bits per heavy atom. The van der Waals surface area contributed by atoms with Gasteiger partial charge in [-0.15, -0.1) is 0 Å². The lowest BCUT2D eigenvalue weighted by Crippen LogP contribution is -2.22. The predicted molar refractivity (Wildman–Crippen MR) is 93.2 cm³/mol. The minimum atomic E-state index is -0.0504. The Kier molecular flexibility index (Phi) is 2.99. The minimum absolute atomic E-state index is 0.0504. The van der Waals surface area contributed by atoms with Crippen molar-refractivity contribution in [2.45, 2.75) is 13.8 Å². The standard InChI is InChI=1S/C18H14N2O2S/c1-10-7-11(2)16-14(8-10)20-17(22)15(23-18(20)19-16)9-12-3-5-13(21)6-4-12/h3-9,21H,1-2H3/b15-9+. The quantitative estimate of drug-likeness (QED) is 0.586. The highest BCUT2D eigenvalue weighted by Gasteiger charge is 2.13. The molecule has 1 N–H and O–H groups in total. The molecule has 0 spiro atoms. The second kappa shape index (κ2) is 4.93. The van der Waals surface area contributed by atoms with E-state index in [4.69, 9.17) is 0 Å². The fourth-order valence-electron chi connectivity index (χ4n) is 2.83. The molecule has 0 fully saturated rings. The highest BCUT2D eigenvalue weighted by atomic mass is 32.1. The first-order valence-corrected chi connectivity index (χ1v) is 8.07. The third-order valence-electron chi connectivity index (χ3n) is 3.87. The molecule has 0 unspecified atom stereocenters. The first kappa shape index (κ1) is 14.0. The molecule has 23 heavy (non-hydrogen) atoms. The molecule has 4 aromatic rings. The number of phenols is 1. The van der Waals surface area contributed by atoms with E-state index in [1.54, 1.807) is 28.7 Å². The van der Waals surface area contributed by atoms with Crippen molar-refractivity contribution in [3.63, 3.8) is 0 Å². The second-order valence-electron chi connectivity index (χ2n) is 5.69. The van der Waals surface area contributed by atoms with Crippen LogP contribution in [0, 0.1) is 13.8 Å². The Morgan fingerprint density at radius 1 is 1.17 bits per heavy atom. The van der Waals surface area contributed by atoms with E-state index in [2.05, 4.69) is 11.1 Å². The number of imidazole rings is 1. The van der Waals surface area contributed by atoms with E-state index in [0.29, 0.717) is 9.49 Å². The summed E-state index contributed by atoms with van der Waals surface area (Å²) in [7, 11) is 0. The number of benzene rings is 2. The summed E-state index contributed by atoms with van der Waals surface area (Å²) in [5.74, 6) is 0.211. The number of aryl methyl sites for hydroxylation is 2. The van der Waals surface area contributed by atoms with Crippen LogP contribution in [0.1, 0.15) is 16.7 Å². The number of phenolic OH excluding ortho intramolecular Hbond substituents is 1. The van der Waals surface area contributed by atoms with Gasteiger partial charge in [-0.3, -0.25) is 4.79 Å². The zero-order valence-electron chi connectivity index (χ0n) is 12.7. The van der Waals surface area contributed by atoms with Crippen LogP contribution in [-0.4, -0.2) is 14.5 Å². The van der Waals surface area contributed by atoms with Gasteiger partial charge in [0.2, 0.25) is 0 Å². The highest BCUT2D eigenvalue weighted by Crippen LogP contribution is 2.21. The molecule has 4 nitrogen and oxygen atoms in total. The number of thiazole rings is 1. The number of hydrogen-bond donors (Lipinski definition) is 1. The summed E-state index contributed by atoms with van der Waals surface area (Å²) in [4.78, 5) is 18.1. The lowest BCUT2D eigenvalue weighted by molar-refractivity contribution is 0.475. The number of hydrogen-bond acceptors (Lipinski definition) is 4. The van der Waals surface area contributed by atoms with E-state index in [1.165, 1.54) is 11.3 Å². The lowest BCUT2D eigenvalue weighted by Gasteiger charge is -1.97. The van der Waals surface area contributed by atoms with E-state index < -0.39 is 0 Å². The van der Waals surface area contributed by atoms with Crippen LogP contribution in [0.2, 0.25) is 0 Å². The van der Waals surface area contributed by atoms with Gasteiger partial charge in [0.05, 0.1) is 15.6 Å². The average Bonchev–Trinajstić information content (AvgIpc) is 3.00. The van der Waals surface area contributed by atoms with Crippen molar-refractivity contribution in [3.05, 3.63) is 68.0 Å². The van der Waals surface area contributed by atoms with Crippen LogP contribution >= 0.6 is 11.3 Å². The molecular formula is C18H14N2O2S. The van der Waals surface area contributed by atoms with Crippen molar-refractivity contribution in [1.29, 1.82) is 0 Å². The van der Waals surface area contributed by atoms with Crippen LogP contribution in [0.25, 0.3) is 22.1 Å². The lowest BCUT2D eigenvalue weighted by atomic mass is 10.1. The molecule has 0 aliphatic carbocycles. The molecule has 0 saturated carbocycles. The zero-order chi connectivity index (χ0) is 16.1. The monoisotopic (exact) mass is 322 g/mol. The van der Waals surface area contributed by atoms with Gasteiger partial charge in [0.25, 0.3) is 5.56 Å².